The molecule has 1 aromatic rings. The number of hydrogen-bond acceptors (Lipinski definition) is 6. The van der Waals surface area contributed by atoms with Crippen molar-refractivity contribution in [3.63, 3.8) is 0 Å². The summed E-state index contributed by atoms with van der Waals surface area (Å²) in [7, 11) is 0. The SMILES string of the molecule is CC1(C(=O)O)CCCC([N+](=O)[O-])C1(N)c1ccncn1. The van der Waals surface area contributed by atoms with Crippen molar-refractivity contribution in [1.82, 2.24) is 9.97 Å². The van der Waals surface area contributed by atoms with Gasteiger partial charge in [0.1, 0.15) is 11.9 Å². The molecule has 3 N–H and O–H groups in total. The van der Waals surface area contributed by atoms with Crippen molar-refractivity contribution in [1.29, 1.82) is 0 Å². The molecule has 1 saturated carbocycles. The van der Waals surface area contributed by atoms with Crippen molar-refractivity contribution >= 4 is 5.97 Å². The molecule has 1 fully saturated rings. The van der Waals surface area contributed by atoms with Crippen molar-refractivity contribution < 1.29 is 14.8 Å². The first-order chi connectivity index (χ1) is 9.34. The van der Waals surface area contributed by atoms with Gasteiger partial charge in [0.2, 0.25) is 6.04 Å². The van der Waals surface area contributed by atoms with Gasteiger partial charge in [-0.25, -0.2) is 9.97 Å². The fourth-order valence-corrected chi connectivity index (χ4v) is 3.00. The summed E-state index contributed by atoms with van der Waals surface area (Å²) >= 11 is 0. The zero-order chi connectivity index (χ0) is 15.0. The predicted molar refractivity (Wildman–Crippen MR) is 68.3 cm³/mol. The molecule has 2 rings (SSSR count). The van der Waals surface area contributed by atoms with Crippen LogP contribution in [0, 0.1) is 15.5 Å². The van der Waals surface area contributed by atoms with E-state index in [2.05, 4.69) is 9.97 Å². The van der Waals surface area contributed by atoms with Gasteiger partial charge >= 0.3 is 5.97 Å². The number of aromatic nitrogens is 2. The summed E-state index contributed by atoms with van der Waals surface area (Å²) in [6, 6.07) is 0.260. The van der Waals surface area contributed by atoms with Gasteiger partial charge in [-0.1, -0.05) is 0 Å². The molecular formula is C12H16N4O4. The van der Waals surface area contributed by atoms with E-state index >= 15 is 0 Å². The number of nitro groups is 1. The molecule has 1 heterocycles. The number of nitrogens with two attached hydrogens (primary N) is 1. The Hall–Kier alpha value is -2.09. The molecule has 108 valence electrons. The lowest BCUT2D eigenvalue weighted by molar-refractivity contribution is -0.543. The number of rotatable bonds is 3. The normalized spacial score (nSPS) is 33.6. The van der Waals surface area contributed by atoms with E-state index in [1.54, 1.807) is 0 Å². The summed E-state index contributed by atoms with van der Waals surface area (Å²) in [5, 5.41) is 20.9. The Bertz CT molecular complexity index is 538. The standard InChI is InChI=1S/C12H16N4O4/c1-11(10(17)18)5-2-3-9(16(19)20)12(11,13)8-4-6-14-7-15-8/h4,6-7,9H,2-3,5,13H2,1H3,(H,17,18). The zero-order valence-electron chi connectivity index (χ0n) is 11.0. The van der Waals surface area contributed by atoms with Crippen molar-refractivity contribution in [3.05, 3.63) is 34.4 Å². The van der Waals surface area contributed by atoms with Crippen LogP contribution in [-0.4, -0.2) is 32.0 Å². The maximum Gasteiger partial charge on any atom is 0.311 e. The first-order valence-corrected chi connectivity index (χ1v) is 6.26. The minimum atomic E-state index is -1.66. The molecule has 0 amide bonds. The summed E-state index contributed by atoms with van der Waals surface area (Å²) < 4.78 is 0. The highest BCUT2D eigenvalue weighted by atomic mass is 16.6. The van der Waals surface area contributed by atoms with E-state index < -0.39 is 27.9 Å². The topological polar surface area (TPSA) is 132 Å². The van der Waals surface area contributed by atoms with Crippen LogP contribution in [0.1, 0.15) is 31.9 Å². The highest BCUT2D eigenvalue weighted by Crippen LogP contribution is 2.49. The number of carboxylic acids is 1. The molecule has 3 unspecified atom stereocenters. The van der Waals surface area contributed by atoms with Crippen molar-refractivity contribution in [2.75, 3.05) is 0 Å². The van der Waals surface area contributed by atoms with Crippen LogP contribution in [0.2, 0.25) is 0 Å². The average Bonchev–Trinajstić information content (AvgIpc) is 2.42. The molecule has 0 saturated heterocycles. The van der Waals surface area contributed by atoms with E-state index in [0.717, 1.165) is 0 Å². The van der Waals surface area contributed by atoms with Gasteiger partial charge in [-0.3, -0.25) is 14.9 Å². The van der Waals surface area contributed by atoms with E-state index in [-0.39, 0.29) is 18.5 Å². The van der Waals surface area contributed by atoms with Gasteiger partial charge in [-0.2, -0.15) is 0 Å². The second-order valence-electron chi connectivity index (χ2n) is 5.29. The Morgan fingerprint density at radius 3 is 2.85 bits per heavy atom. The van der Waals surface area contributed by atoms with Gasteiger partial charge in [0.05, 0.1) is 11.1 Å². The minimum absolute atomic E-state index is 0.193. The van der Waals surface area contributed by atoms with E-state index in [1.807, 2.05) is 0 Å². The third-order valence-corrected chi connectivity index (χ3v) is 4.33. The van der Waals surface area contributed by atoms with Gasteiger partial charge in [0, 0.05) is 17.5 Å². The molecular weight excluding hydrogens is 264 g/mol. The number of nitrogens with zero attached hydrogens (tertiary/aromatic N) is 3. The molecule has 20 heavy (non-hydrogen) atoms. The van der Waals surface area contributed by atoms with Crippen LogP contribution in [-0.2, 0) is 10.3 Å². The maximum atomic E-state index is 11.7. The summed E-state index contributed by atoms with van der Waals surface area (Å²) in [6.07, 6.45) is 3.57. The fourth-order valence-electron chi connectivity index (χ4n) is 3.00. The lowest BCUT2D eigenvalue weighted by Gasteiger charge is -2.46. The zero-order valence-corrected chi connectivity index (χ0v) is 11.0. The summed E-state index contributed by atoms with van der Waals surface area (Å²) in [5.74, 6) is -1.15. The van der Waals surface area contributed by atoms with Gasteiger partial charge in [-0.15, -0.1) is 0 Å². The minimum Gasteiger partial charge on any atom is -0.481 e. The summed E-state index contributed by atoms with van der Waals surface area (Å²) in [4.78, 5) is 30.3. The first kappa shape index (κ1) is 14.3. The number of hydrogen-bond donors (Lipinski definition) is 2. The van der Waals surface area contributed by atoms with E-state index in [0.29, 0.717) is 6.42 Å². The number of aliphatic carboxylic acids is 1. The number of carbonyl (C=O) groups is 1. The Labute approximate surface area is 115 Å². The molecule has 0 radical (unpaired) electrons. The number of carboxylic acid groups (broad SMARTS) is 1. The van der Waals surface area contributed by atoms with E-state index in [4.69, 9.17) is 5.73 Å². The molecule has 8 heteroatoms. The second-order valence-corrected chi connectivity index (χ2v) is 5.29. The molecule has 0 spiro atoms. The van der Waals surface area contributed by atoms with Gasteiger partial charge in [0.25, 0.3) is 0 Å². The molecule has 1 aliphatic carbocycles. The lowest BCUT2D eigenvalue weighted by Crippen LogP contribution is -2.66. The molecule has 1 aliphatic rings. The van der Waals surface area contributed by atoms with Crippen molar-refractivity contribution in [2.24, 2.45) is 11.1 Å². The Balaban J connectivity index is 2.65. The van der Waals surface area contributed by atoms with Crippen molar-refractivity contribution in [2.45, 2.75) is 37.8 Å². The van der Waals surface area contributed by atoms with Gasteiger partial charge < -0.3 is 10.8 Å². The van der Waals surface area contributed by atoms with E-state index in [1.165, 1.54) is 25.5 Å². The monoisotopic (exact) mass is 280 g/mol. The smallest absolute Gasteiger partial charge is 0.311 e. The lowest BCUT2D eigenvalue weighted by atomic mass is 9.58. The van der Waals surface area contributed by atoms with Crippen molar-refractivity contribution in [3.8, 4) is 0 Å². The predicted octanol–water partition coefficient (Wildman–Crippen LogP) is 0.551. The third kappa shape index (κ3) is 1.83. The molecule has 0 aliphatic heterocycles. The summed E-state index contributed by atoms with van der Waals surface area (Å²) in [5.41, 5.74) is 3.38. The van der Waals surface area contributed by atoms with Gasteiger partial charge in [0.15, 0.2) is 0 Å². The molecule has 0 aromatic carbocycles. The maximum absolute atomic E-state index is 11.7. The van der Waals surface area contributed by atoms with E-state index in [9.17, 15) is 20.0 Å². The Morgan fingerprint density at radius 1 is 1.65 bits per heavy atom. The highest BCUT2D eigenvalue weighted by molar-refractivity contribution is 5.77. The van der Waals surface area contributed by atoms with Gasteiger partial charge in [-0.05, 0) is 25.8 Å². The van der Waals surface area contributed by atoms with Crippen LogP contribution in [0.4, 0.5) is 0 Å². The van der Waals surface area contributed by atoms with Crippen LogP contribution in [0.3, 0.4) is 0 Å². The first-order valence-electron chi connectivity index (χ1n) is 6.26. The molecule has 0 bridgehead atoms. The third-order valence-electron chi connectivity index (χ3n) is 4.33. The summed E-state index contributed by atoms with van der Waals surface area (Å²) in [6.45, 7) is 1.45. The highest BCUT2D eigenvalue weighted by Gasteiger charge is 2.64. The average molecular weight is 280 g/mol. The largest absolute Gasteiger partial charge is 0.481 e. The van der Waals surface area contributed by atoms with Crippen LogP contribution >= 0.6 is 0 Å². The molecule has 3 atom stereocenters. The Morgan fingerprint density at radius 2 is 2.35 bits per heavy atom. The van der Waals surface area contributed by atoms with Crippen LogP contribution in [0.15, 0.2) is 18.6 Å². The van der Waals surface area contributed by atoms with Crippen LogP contribution < -0.4 is 5.73 Å². The molecule has 1 aromatic heterocycles. The van der Waals surface area contributed by atoms with Crippen LogP contribution in [0.5, 0.6) is 0 Å². The quantitative estimate of drug-likeness (QED) is 0.610. The molecule has 8 nitrogen and oxygen atoms in total. The fraction of sp³-hybridized carbons (Fsp3) is 0.583. The van der Waals surface area contributed by atoms with Crippen LogP contribution in [0.25, 0.3) is 0 Å². The second kappa shape index (κ2) is 4.78. The Kier molecular flexibility index (Phi) is 3.43.